The molecule has 124 valence electrons. The quantitative estimate of drug-likeness (QED) is 0.554. The minimum absolute atomic E-state index is 0.300. The first-order valence-electron chi connectivity index (χ1n) is 6.27. The number of halogens is 5. The van der Waals surface area contributed by atoms with E-state index in [0.717, 1.165) is 22.3 Å². The number of benzene rings is 1. The van der Waals surface area contributed by atoms with Gasteiger partial charge in [-0.2, -0.15) is 13.2 Å². The topological polar surface area (TPSA) is 58.6 Å². The number of carbonyl (C=O) groups is 1. The van der Waals surface area contributed by atoms with Gasteiger partial charge in [0.15, 0.2) is 0 Å². The smallest absolute Gasteiger partial charge is 0.487 e. The lowest BCUT2D eigenvalue weighted by molar-refractivity contribution is -0.192. The van der Waals surface area contributed by atoms with E-state index in [0.29, 0.717) is 6.54 Å². The van der Waals surface area contributed by atoms with Gasteiger partial charge in [0, 0.05) is 10.1 Å². The first kappa shape index (κ1) is 18.9. The lowest BCUT2D eigenvalue weighted by Gasteiger charge is -2.27. The van der Waals surface area contributed by atoms with Gasteiger partial charge in [-0.25, -0.2) is 9.18 Å². The van der Waals surface area contributed by atoms with Crippen molar-refractivity contribution in [1.82, 2.24) is 5.32 Å². The lowest BCUT2D eigenvalue weighted by atomic mass is 10.1. The van der Waals surface area contributed by atoms with Crippen molar-refractivity contribution in [1.29, 1.82) is 0 Å². The van der Waals surface area contributed by atoms with Crippen LogP contribution in [-0.4, -0.2) is 42.6 Å². The molecule has 0 bridgehead atoms. The molecule has 2 N–H and O–H groups in total. The predicted molar refractivity (Wildman–Crippen MR) is 79.6 cm³/mol. The summed E-state index contributed by atoms with van der Waals surface area (Å²) in [6.07, 6.45) is -5.56. The number of carboxylic acids is 1. The molecule has 0 spiro atoms. The summed E-state index contributed by atoms with van der Waals surface area (Å²) in [5, 5.41) is 10.1. The molecule has 2 rings (SSSR count). The number of ether oxygens (including phenoxy) is 1. The molecule has 1 aromatic rings. The molecule has 1 aliphatic heterocycles. The van der Waals surface area contributed by atoms with Crippen LogP contribution in [0.25, 0.3) is 0 Å². The maximum absolute atomic E-state index is 13.4. The zero-order valence-corrected chi connectivity index (χ0v) is 13.4. The van der Waals surface area contributed by atoms with E-state index in [-0.39, 0.29) is 6.10 Å². The van der Waals surface area contributed by atoms with Crippen LogP contribution in [-0.2, 0) is 4.79 Å². The van der Waals surface area contributed by atoms with Crippen molar-refractivity contribution in [2.45, 2.75) is 24.9 Å². The molecule has 22 heavy (non-hydrogen) atoms. The van der Waals surface area contributed by atoms with Crippen molar-refractivity contribution < 1.29 is 32.2 Å². The second kappa shape index (κ2) is 8.51. The molecule has 0 aromatic heterocycles. The van der Waals surface area contributed by atoms with Gasteiger partial charge >= 0.3 is 12.1 Å². The third-order valence-electron chi connectivity index (χ3n) is 2.69. The standard InChI is InChI=1S/C11H13FINO.C2HF3O2/c12-10-7-14-6-5-11(10)15-9-3-1-8(13)2-4-9;3-2(4,5)1(6)7/h1-4,10-11,14H,5-7H2;(H,6,7)/t10-,11+;/m1./s1. The van der Waals surface area contributed by atoms with Gasteiger partial charge in [0.2, 0.25) is 0 Å². The molecule has 0 aliphatic carbocycles. The van der Waals surface area contributed by atoms with Gasteiger partial charge in [-0.15, -0.1) is 0 Å². The van der Waals surface area contributed by atoms with E-state index in [1.165, 1.54) is 0 Å². The summed E-state index contributed by atoms with van der Waals surface area (Å²) in [6, 6.07) is 7.70. The van der Waals surface area contributed by atoms with Crippen molar-refractivity contribution in [3.05, 3.63) is 27.8 Å². The summed E-state index contributed by atoms with van der Waals surface area (Å²) in [5.74, 6) is -2.00. The fraction of sp³-hybridized carbons (Fsp3) is 0.462. The minimum Gasteiger partial charge on any atom is -0.487 e. The molecule has 1 aromatic carbocycles. The molecule has 2 atom stereocenters. The summed E-state index contributed by atoms with van der Waals surface area (Å²) in [7, 11) is 0. The minimum atomic E-state index is -5.08. The lowest BCUT2D eigenvalue weighted by Crippen LogP contribution is -2.44. The van der Waals surface area contributed by atoms with Crippen molar-refractivity contribution in [2.75, 3.05) is 13.1 Å². The Morgan fingerprint density at radius 1 is 1.32 bits per heavy atom. The van der Waals surface area contributed by atoms with E-state index < -0.39 is 18.3 Å². The Morgan fingerprint density at radius 3 is 2.32 bits per heavy atom. The average molecular weight is 435 g/mol. The number of carboxylic acid groups (broad SMARTS) is 1. The highest BCUT2D eigenvalue weighted by Crippen LogP contribution is 2.19. The number of piperidine rings is 1. The third-order valence-corrected chi connectivity index (χ3v) is 3.41. The van der Waals surface area contributed by atoms with Crippen molar-refractivity contribution in [2.24, 2.45) is 0 Å². The van der Waals surface area contributed by atoms with Gasteiger partial charge in [-0.1, -0.05) is 0 Å². The Hall–Kier alpha value is -1.10. The molecule has 0 radical (unpaired) electrons. The second-order valence-electron chi connectivity index (χ2n) is 4.42. The Labute approximate surface area is 138 Å². The van der Waals surface area contributed by atoms with Gasteiger partial charge in [-0.3, -0.25) is 0 Å². The summed E-state index contributed by atoms with van der Waals surface area (Å²) in [6.45, 7) is 1.23. The predicted octanol–water partition coefficient (Wildman–Crippen LogP) is 3.00. The molecule has 1 saturated heterocycles. The Morgan fingerprint density at radius 2 is 1.86 bits per heavy atom. The van der Waals surface area contributed by atoms with Crippen LogP contribution >= 0.6 is 22.6 Å². The van der Waals surface area contributed by atoms with Crippen molar-refractivity contribution >= 4 is 28.6 Å². The van der Waals surface area contributed by atoms with Crippen molar-refractivity contribution in [3.63, 3.8) is 0 Å². The molecule has 1 heterocycles. The van der Waals surface area contributed by atoms with Crippen LogP contribution in [0, 0.1) is 3.57 Å². The molecular weight excluding hydrogens is 421 g/mol. The summed E-state index contributed by atoms with van der Waals surface area (Å²) >= 11 is 2.23. The monoisotopic (exact) mass is 435 g/mol. The highest BCUT2D eigenvalue weighted by molar-refractivity contribution is 14.1. The Bertz CT molecular complexity index is 481. The maximum atomic E-state index is 13.4. The van der Waals surface area contributed by atoms with Gasteiger partial charge in [0.1, 0.15) is 18.0 Å². The van der Waals surface area contributed by atoms with E-state index in [1.807, 2.05) is 24.3 Å². The first-order chi connectivity index (χ1) is 10.2. The fourth-order valence-electron chi connectivity index (χ4n) is 1.62. The fourth-order valence-corrected chi connectivity index (χ4v) is 1.98. The Balaban J connectivity index is 0.000000295. The van der Waals surface area contributed by atoms with Gasteiger partial charge in [0.05, 0.1) is 0 Å². The summed E-state index contributed by atoms with van der Waals surface area (Å²) < 4.78 is 51.9. The number of alkyl halides is 4. The van der Waals surface area contributed by atoms with E-state index in [9.17, 15) is 17.6 Å². The molecule has 9 heteroatoms. The maximum Gasteiger partial charge on any atom is 0.490 e. The molecule has 1 aliphatic rings. The van der Waals surface area contributed by atoms with E-state index in [4.69, 9.17) is 14.6 Å². The van der Waals surface area contributed by atoms with E-state index in [1.54, 1.807) is 0 Å². The van der Waals surface area contributed by atoms with Crippen LogP contribution in [0.2, 0.25) is 0 Å². The summed E-state index contributed by atoms with van der Waals surface area (Å²) in [4.78, 5) is 8.90. The largest absolute Gasteiger partial charge is 0.490 e. The van der Waals surface area contributed by atoms with E-state index in [2.05, 4.69) is 27.9 Å². The van der Waals surface area contributed by atoms with Crippen LogP contribution in [0.3, 0.4) is 0 Å². The number of nitrogens with one attached hydrogen (secondary N) is 1. The normalized spacial score (nSPS) is 21.5. The average Bonchev–Trinajstić information content (AvgIpc) is 2.43. The van der Waals surface area contributed by atoms with Crippen molar-refractivity contribution in [3.8, 4) is 5.75 Å². The van der Waals surface area contributed by atoms with Gasteiger partial charge < -0.3 is 15.2 Å². The second-order valence-corrected chi connectivity index (χ2v) is 5.67. The molecule has 0 saturated carbocycles. The molecular formula is C13H14F4INO3. The highest BCUT2D eigenvalue weighted by atomic mass is 127. The van der Waals surface area contributed by atoms with Crippen LogP contribution in [0.4, 0.5) is 17.6 Å². The number of aliphatic carboxylic acids is 1. The van der Waals surface area contributed by atoms with Gasteiger partial charge in [-0.05, 0) is 59.8 Å². The van der Waals surface area contributed by atoms with Crippen LogP contribution in [0.15, 0.2) is 24.3 Å². The van der Waals surface area contributed by atoms with Crippen LogP contribution < -0.4 is 10.1 Å². The third kappa shape index (κ3) is 6.77. The van der Waals surface area contributed by atoms with Crippen LogP contribution in [0.1, 0.15) is 6.42 Å². The SMILES string of the molecule is F[C@@H]1CNCC[C@@H]1Oc1ccc(I)cc1.O=C(O)C(F)(F)F. The number of hydrogen-bond acceptors (Lipinski definition) is 3. The first-order valence-corrected chi connectivity index (χ1v) is 7.35. The molecule has 4 nitrogen and oxygen atoms in total. The van der Waals surface area contributed by atoms with Gasteiger partial charge in [0.25, 0.3) is 0 Å². The summed E-state index contributed by atoms with van der Waals surface area (Å²) in [5.41, 5.74) is 0. The number of rotatable bonds is 2. The zero-order valence-electron chi connectivity index (χ0n) is 11.2. The van der Waals surface area contributed by atoms with E-state index >= 15 is 0 Å². The highest BCUT2D eigenvalue weighted by Gasteiger charge is 2.38. The number of hydrogen-bond donors (Lipinski definition) is 2. The molecule has 1 fully saturated rings. The molecule has 0 amide bonds. The Kier molecular flexibility index (Phi) is 7.33. The molecule has 0 unspecified atom stereocenters. The zero-order chi connectivity index (χ0) is 16.8. The van der Waals surface area contributed by atoms with Crippen LogP contribution in [0.5, 0.6) is 5.75 Å².